The molecule has 2 aromatic carbocycles. The quantitative estimate of drug-likeness (QED) is 0.608. The Hall–Kier alpha value is -3.48. The maximum atomic E-state index is 12.1. The molecule has 0 unspecified atom stereocenters. The average molecular weight is 408 g/mol. The molecule has 30 heavy (non-hydrogen) atoms. The molecule has 7 nitrogen and oxygen atoms in total. The minimum absolute atomic E-state index is 0.0742. The average Bonchev–Trinajstić information content (AvgIpc) is 2.78. The number of pyridine rings is 1. The van der Waals surface area contributed by atoms with Crippen LogP contribution < -0.4 is 25.1 Å². The van der Waals surface area contributed by atoms with Crippen LogP contribution in [0.15, 0.2) is 59.4 Å². The van der Waals surface area contributed by atoms with Gasteiger partial charge in [-0.15, -0.1) is 0 Å². The SMILES string of the molecule is Cn1c(=O)cc(OCCCC(=O)NC[C@H]2COc3ccccc3O2)c2ccccc21. The summed E-state index contributed by atoms with van der Waals surface area (Å²) in [5.74, 6) is 1.88. The van der Waals surface area contributed by atoms with Crippen molar-refractivity contribution < 1.29 is 19.0 Å². The fraction of sp³-hybridized carbons (Fsp3) is 0.304. The second kappa shape index (κ2) is 8.90. The van der Waals surface area contributed by atoms with Gasteiger partial charge in [-0.25, -0.2) is 0 Å². The van der Waals surface area contributed by atoms with Gasteiger partial charge in [0.25, 0.3) is 5.56 Å². The first-order chi connectivity index (χ1) is 14.6. The van der Waals surface area contributed by atoms with E-state index in [1.54, 1.807) is 11.6 Å². The van der Waals surface area contributed by atoms with Crippen LogP contribution in [-0.4, -0.2) is 36.3 Å². The van der Waals surface area contributed by atoms with E-state index < -0.39 is 0 Å². The zero-order chi connectivity index (χ0) is 20.9. The Kier molecular flexibility index (Phi) is 5.88. The first-order valence-electron chi connectivity index (χ1n) is 9.98. The highest BCUT2D eigenvalue weighted by Gasteiger charge is 2.20. The molecule has 4 rings (SSSR count). The summed E-state index contributed by atoms with van der Waals surface area (Å²) in [6.45, 7) is 1.13. The van der Waals surface area contributed by atoms with Crippen molar-refractivity contribution >= 4 is 16.8 Å². The molecule has 7 heteroatoms. The molecular weight excluding hydrogens is 384 g/mol. The molecule has 1 aromatic heterocycles. The van der Waals surface area contributed by atoms with E-state index in [1.165, 1.54) is 6.07 Å². The number of hydrogen-bond donors (Lipinski definition) is 1. The second-order valence-corrected chi connectivity index (χ2v) is 7.18. The third-order valence-corrected chi connectivity index (χ3v) is 5.02. The van der Waals surface area contributed by atoms with Gasteiger partial charge in [-0.3, -0.25) is 9.59 Å². The van der Waals surface area contributed by atoms with Gasteiger partial charge in [0.2, 0.25) is 5.91 Å². The van der Waals surface area contributed by atoms with Crippen molar-refractivity contribution in [1.82, 2.24) is 9.88 Å². The van der Waals surface area contributed by atoms with E-state index in [-0.39, 0.29) is 17.6 Å². The summed E-state index contributed by atoms with van der Waals surface area (Å²) in [4.78, 5) is 24.2. The van der Waals surface area contributed by atoms with Gasteiger partial charge in [0.1, 0.15) is 18.5 Å². The number of hydrogen-bond acceptors (Lipinski definition) is 5. The van der Waals surface area contributed by atoms with E-state index in [0.717, 1.165) is 16.7 Å². The molecule has 3 aromatic rings. The third-order valence-electron chi connectivity index (χ3n) is 5.02. The highest BCUT2D eigenvalue weighted by molar-refractivity contribution is 5.85. The lowest BCUT2D eigenvalue weighted by atomic mass is 10.2. The van der Waals surface area contributed by atoms with Crippen LogP contribution in [0.5, 0.6) is 17.2 Å². The van der Waals surface area contributed by atoms with E-state index in [1.807, 2.05) is 48.5 Å². The number of nitrogens with one attached hydrogen (secondary N) is 1. The molecule has 1 atom stereocenters. The van der Waals surface area contributed by atoms with Crippen LogP contribution in [0.4, 0.5) is 0 Å². The number of carbonyl (C=O) groups is 1. The van der Waals surface area contributed by atoms with Gasteiger partial charge < -0.3 is 24.1 Å². The Balaban J connectivity index is 1.23. The zero-order valence-corrected chi connectivity index (χ0v) is 16.8. The standard InChI is InChI=1S/C23H24N2O5/c1-25-18-8-3-2-7-17(18)21(13-23(25)27)28-12-6-11-22(26)24-14-16-15-29-19-9-4-5-10-20(19)30-16/h2-5,7-10,13,16H,6,11-12,14-15H2,1H3,(H,24,26)/t16-/m0/s1. The lowest BCUT2D eigenvalue weighted by Crippen LogP contribution is -2.40. The maximum Gasteiger partial charge on any atom is 0.254 e. The molecule has 2 heterocycles. The third kappa shape index (κ3) is 4.40. The molecule has 1 aliphatic rings. The van der Waals surface area contributed by atoms with Gasteiger partial charge >= 0.3 is 0 Å². The maximum absolute atomic E-state index is 12.1. The number of aryl methyl sites for hydroxylation is 1. The molecule has 1 N–H and O–H groups in total. The highest BCUT2D eigenvalue weighted by Crippen LogP contribution is 2.30. The fourth-order valence-electron chi connectivity index (χ4n) is 3.39. The number of ether oxygens (including phenoxy) is 3. The summed E-state index contributed by atoms with van der Waals surface area (Å²) in [5, 5.41) is 3.75. The number of rotatable bonds is 7. The van der Waals surface area contributed by atoms with Gasteiger partial charge in [-0.1, -0.05) is 24.3 Å². The van der Waals surface area contributed by atoms with Crippen LogP contribution in [0, 0.1) is 0 Å². The van der Waals surface area contributed by atoms with Crippen molar-refractivity contribution in [3.8, 4) is 17.2 Å². The Morgan fingerprint density at radius 2 is 1.93 bits per heavy atom. The number of nitrogens with zero attached hydrogens (tertiary/aromatic N) is 1. The van der Waals surface area contributed by atoms with Crippen LogP contribution in [0.1, 0.15) is 12.8 Å². The normalized spacial score (nSPS) is 15.0. The minimum atomic E-state index is -0.216. The Labute approximate surface area is 174 Å². The number of aromatic nitrogens is 1. The van der Waals surface area contributed by atoms with Gasteiger partial charge in [0.05, 0.1) is 18.7 Å². The molecule has 0 fully saturated rings. The fourth-order valence-corrected chi connectivity index (χ4v) is 3.39. The second-order valence-electron chi connectivity index (χ2n) is 7.18. The van der Waals surface area contributed by atoms with E-state index >= 15 is 0 Å². The molecule has 1 amide bonds. The monoisotopic (exact) mass is 408 g/mol. The molecule has 0 spiro atoms. The zero-order valence-electron chi connectivity index (χ0n) is 16.8. The lowest BCUT2D eigenvalue weighted by Gasteiger charge is -2.26. The molecular formula is C23H24N2O5. The predicted molar refractivity (Wildman–Crippen MR) is 113 cm³/mol. The highest BCUT2D eigenvalue weighted by atomic mass is 16.6. The Morgan fingerprint density at radius 3 is 2.80 bits per heavy atom. The van der Waals surface area contributed by atoms with Crippen molar-refractivity contribution in [2.24, 2.45) is 7.05 Å². The summed E-state index contributed by atoms with van der Waals surface area (Å²) < 4.78 is 18.9. The van der Waals surface area contributed by atoms with Crippen molar-refractivity contribution in [1.29, 1.82) is 0 Å². The van der Waals surface area contributed by atoms with Gasteiger partial charge in [-0.2, -0.15) is 0 Å². The minimum Gasteiger partial charge on any atom is -0.493 e. The molecule has 1 aliphatic heterocycles. The van der Waals surface area contributed by atoms with Gasteiger partial charge in [0, 0.05) is 24.9 Å². The topological polar surface area (TPSA) is 78.8 Å². The Morgan fingerprint density at radius 1 is 1.17 bits per heavy atom. The van der Waals surface area contributed by atoms with Crippen molar-refractivity contribution in [2.45, 2.75) is 18.9 Å². The molecule has 156 valence electrons. The summed E-state index contributed by atoms with van der Waals surface area (Å²) >= 11 is 0. The number of amides is 1. The van der Waals surface area contributed by atoms with Crippen LogP contribution >= 0.6 is 0 Å². The van der Waals surface area contributed by atoms with E-state index in [9.17, 15) is 9.59 Å². The van der Waals surface area contributed by atoms with Gasteiger partial charge in [-0.05, 0) is 30.7 Å². The number of benzene rings is 2. The Bertz CT molecular complexity index is 1110. The van der Waals surface area contributed by atoms with Crippen LogP contribution in [0.3, 0.4) is 0 Å². The first-order valence-corrected chi connectivity index (χ1v) is 9.98. The van der Waals surface area contributed by atoms with Crippen molar-refractivity contribution in [3.05, 3.63) is 65.0 Å². The molecule has 0 aliphatic carbocycles. The van der Waals surface area contributed by atoms with E-state index in [4.69, 9.17) is 14.2 Å². The largest absolute Gasteiger partial charge is 0.493 e. The number of carbonyl (C=O) groups excluding carboxylic acids is 1. The summed E-state index contributed by atoms with van der Waals surface area (Å²) in [7, 11) is 1.73. The van der Waals surface area contributed by atoms with Crippen molar-refractivity contribution in [3.63, 3.8) is 0 Å². The lowest BCUT2D eigenvalue weighted by molar-refractivity contribution is -0.121. The van der Waals surface area contributed by atoms with Crippen molar-refractivity contribution in [2.75, 3.05) is 19.8 Å². The van der Waals surface area contributed by atoms with Gasteiger partial charge in [0.15, 0.2) is 11.5 Å². The number of fused-ring (bicyclic) bond motifs is 2. The van der Waals surface area contributed by atoms with E-state index in [0.29, 0.717) is 44.1 Å². The molecule has 0 saturated carbocycles. The summed E-state index contributed by atoms with van der Waals surface area (Å²) in [6.07, 6.45) is 0.652. The molecule has 0 saturated heterocycles. The predicted octanol–water partition coefficient (Wildman–Crippen LogP) is 2.65. The smallest absolute Gasteiger partial charge is 0.254 e. The summed E-state index contributed by atoms with van der Waals surface area (Å²) in [5.41, 5.74) is 0.687. The number of para-hydroxylation sites is 3. The summed E-state index contributed by atoms with van der Waals surface area (Å²) in [6, 6.07) is 16.6. The molecule has 0 radical (unpaired) electrons. The first kappa shape index (κ1) is 19.8. The van der Waals surface area contributed by atoms with E-state index in [2.05, 4.69) is 5.32 Å². The van der Waals surface area contributed by atoms with Crippen LogP contribution in [-0.2, 0) is 11.8 Å². The van der Waals surface area contributed by atoms with Crippen LogP contribution in [0.2, 0.25) is 0 Å². The molecule has 0 bridgehead atoms. The van der Waals surface area contributed by atoms with Crippen LogP contribution in [0.25, 0.3) is 10.9 Å².